The van der Waals surface area contributed by atoms with Crippen LogP contribution >= 0.6 is 0 Å². The van der Waals surface area contributed by atoms with Crippen LogP contribution in [0.3, 0.4) is 0 Å². The van der Waals surface area contributed by atoms with E-state index in [1.165, 1.54) is 6.42 Å². The fraction of sp³-hybridized carbons (Fsp3) is 0.714. The van der Waals surface area contributed by atoms with Crippen LogP contribution in [-0.4, -0.2) is 22.6 Å². The van der Waals surface area contributed by atoms with Crippen molar-refractivity contribution in [2.24, 2.45) is 0 Å². The Morgan fingerprint density at radius 3 is 2.72 bits per heavy atom. The van der Waals surface area contributed by atoms with Crippen molar-refractivity contribution in [3.8, 4) is 5.88 Å². The van der Waals surface area contributed by atoms with Crippen LogP contribution in [-0.2, 0) is 6.42 Å². The Morgan fingerprint density at radius 2 is 2.11 bits per heavy atom. The van der Waals surface area contributed by atoms with Crippen LogP contribution in [0.4, 0.5) is 5.82 Å². The van der Waals surface area contributed by atoms with Crippen molar-refractivity contribution in [1.29, 1.82) is 0 Å². The lowest BCUT2D eigenvalue weighted by Gasteiger charge is -2.27. The van der Waals surface area contributed by atoms with Crippen LogP contribution in [0.15, 0.2) is 6.33 Å². The maximum Gasteiger partial charge on any atom is 0.222 e. The first kappa shape index (κ1) is 13.1. The molecule has 2 rings (SSSR count). The van der Waals surface area contributed by atoms with Gasteiger partial charge in [0.2, 0.25) is 5.88 Å². The van der Waals surface area contributed by atoms with Gasteiger partial charge in [-0.3, -0.25) is 0 Å². The smallest absolute Gasteiger partial charge is 0.222 e. The molecule has 0 bridgehead atoms. The Morgan fingerprint density at radius 1 is 1.28 bits per heavy atom. The highest BCUT2D eigenvalue weighted by Gasteiger charge is 2.22. The standard InChI is InChI=1S/C14H23N3O/c1-3-6-12-13(15-9-4-2)16-10-17-14(12)18-11-7-5-8-11/h10-11H,3-9H2,1-2H3,(H,15,16,17). The number of rotatable bonds is 7. The van der Waals surface area contributed by atoms with Gasteiger partial charge in [0.15, 0.2) is 0 Å². The van der Waals surface area contributed by atoms with Gasteiger partial charge in [-0.15, -0.1) is 0 Å². The molecule has 0 unspecified atom stereocenters. The van der Waals surface area contributed by atoms with E-state index in [-0.39, 0.29) is 0 Å². The van der Waals surface area contributed by atoms with Gasteiger partial charge in [-0.05, 0) is 32.1 Å². The van der Waals surface area contributed by atoms with E-state index < -0.39 is 0 Å². The summed E-state index contributed by atoms with van der Waals surface area (Å²) >= 11 is 0. The number of anilines is 1. The average Bonchev–Trinajstić information content (AvgIpc) is 2.33. The van der Waals surface area contributed by atoms with Crippen LogP contribution in [0, 0.1) is 0 Å². The zero-order valence-corrected chi connectivity index (χ0v) is 11.4. The number of hydrogen-bond donors (Lipinski definition) is 1. The van der Waals surface area contributed by atoms with Gasteiger partial charge in [0.25, 0.3) is 0 Å². The minimum atomic E-state index is 0.370. The molecule has 4 heteroatoms. The van der Waals surface area contributed by atoms with Crippen LogP contribution in [0.5, 0.6) is 5.88 Å². The Labute approximate surface area is 109 Å². The number of ether oxygens (including phenoxy) is 1. The summed E-state index contributed by atoms with van der Waals surface area (Å²) < 4.78 is 5.96. The van der Waals surface area contributed by atoms with Crippen molar-refractivity contribution in [3.05, 3.63) is 11.9 Å². The number of hydrogen-bond acceptors (Lipinski definition) is 4. The van der Waals surface area contributed by atoms with Crippen LogP contribution in [0.25, 0.3) is 0 Å². The minimum Gasteiger partial charge on any atom is -0.474 e. The molecule has 0 saturated heterocycles. The second-order valence-electron chi connectivity index (χ2n) is 4.85. The largest absolute Gasteiger partial charge is 0.474 e. The molecular formula is C14H23N3O. The Hall–Kier alpha value is -1.32. The monoisotopic (exact) mass is 249 g/mol. The molecule has 1 N–H and O–H groups in total. The second kappa shape index (κ2) is 6.57. The lowest BCUT2D eigenvalue weighted by molar-refractivity contribution is 0.113. The Balaban J connectivity index is 2.14. The van der Waals surface area contributed by atoms with Gasteiger partial charge >= 0.3 is 0 Å². The maximum atomic E-state index is 5.96. The molecule has 0 aliphatic heterocycles. The molecule has 0 radical (unpaired) electrons. The van der Waals surface area contributed by atoms with Crippen LogP contribution in [0.1, 0.15) is 51.5 Å². The van der Waals surface area contributed by atoms with Gasteiger partial charge in [0, 0.05) is 6.54 Å². The van der Waals surface area contributed by atoms with Crippen molar-refractivity contribution in [3.63, 3.8) is 0 Å². The third kappa shape index (κ3) is 3.12. The molecule has 0 amide bonds. The average molecular weight is 249 g/mol. The van der Waals surface area contributed by atoms with Gasteiger partial charge < -0.3 is 10.1 Å². The highest BCUT2D eigenvalue weighted by atomic mass is 16.5. The molecule has 1 aromatic heterocycles. The summed E-state index contributed by atoms with van der Waals surface area (Å²) in [4.78, 5) is 8.66. The summed E-state index contributed by atoms with van der Waals surface area (Å²) in [6, 6.07) is 0. The van der Waals surface area contributed by atoms with E-state index in [1.54, 1.807) is 6.33 Å². The van der Waals surface area contributed by atoms with E-state index in [1.807, 2.05) is 0 Å². The van der Waals surface area contributed by atoms with E-state index in [0.717, 1.165) is 55.9 Å². The van der Waals surface area contributed by atoms with Crippen molar-refractivity contribution in [2.75, 3.05) is 11.9 Å². The molecule has 0 atom stereocenters. The van der Waals surface area contributed by atoms with Crippen LogP contribution in [0.2, 0.25) is 0 Å². The first-order valence-corrected chi connectivity index (χ1v) is 7.09. The van der Waals surface area contributed by atoms with Gasteiger partial charge in [-0.25, -0.2) is 9.97 Å². The highest BCUT2D eigenvalue weighted by Crippen LogP contribution is 2.29. The molecule has 1 aliphatic carbocycles. The topological polar surface area (TPSA) is 47.0 Å². The Bertz CT molecular complexity index is 377. The normalized spacial score (nSPS) is 15.2. The van der Waals surface area contributed by atoms with Crippen molar-refractivity contribution in [1.82, 2.24) is 9.97 Å². The molecule has 1 aromatic rings. The van der Waals surface area contributed by atoms with Crippen molar-refractivity contribution in [2.45, 2.75) is 58.5 Å². The van der Waals surface area contributed by atoms with Gasteiger partial charge in [0.05, 0.1) is 5.56 Å². The fourth-order valence-electron chi connectivity index (χ4n) is 2.02. The molecule has 100 valence electrons. The summed E-state index contributed by atoms with van der Waals surface area (Å²) in [6.07, 6.45) is 8.71. The quantitative estimate of drug-likeness (QED) is 0.806. The molecule has 4 nitrogen and oxygen atoms in total. The number of aromatic nitrogens is 2. The van der Waals surface area contributed by atoms with Gasteiger partial charge in [-0.2, -0.15) is 0 Å². The van der Waals surface area contributed by atoms with E-state index in [4.69, 9.17) is 4.74 Å². The SMILES string of the molecule is CCCNc1ncnc(OC2CCC2)c1CCC. The summed E-state index contributed by atoms with van der Waals surface area (Å²) in [5.74, 6) is 1.73. The van der Waals surface area contributed by atoms with Crippen LogP contribution < -0.4 is 10.1 Å². The summed E-state index contributed by atoms with van der Waals surface area (Å²) in [6.45, 7) is 5.26. The van der Waals surface area contributed by atoms with Gasteiger partial charge in [0.1, 0.15) is 18.2 Å². The van der Waals surface area contributed by atoms with E-state index in [0.29, 0.717) is 6.10 Å². The Kier molecular flexibility index (Phi) is 4.79. The summed E-state index contributed by atoms with van der Waals surface area (Å²) in [5.41, 5.74) is 1.14. The molecular weight excluding hydrogens is 226 g/mol. The zero-order valence-electron chi connectivity index (χ0n) is 11.4. The lowest BCUT2D eigenvalue weighted by atomic mass is 9.96. The number of nitrogens with one attached hydrogen (secondary N) is 1. The van der Waals surface area contributed by atoms with E-state index in [9.17, 15) is 0 Å². The predicted molar refractivity (Wildman–Crippen MR) is 73.1 cm³/mol. The first-order valence-electron chi connectivity index (χ1n) is 7.09. The molecule has 0 aromatic carbocycles. The van der Waals surface area contributed by atoms with Gasteiger partial charge in [-0.1, -0.05) is 20.3 Å². The summed E-state index contributed by atoms with van der Waals surface area (Å²) in [5, 5.41) is 3.37. The molecule has 0 spiro atoms. The summed E-state index contributed by atoms with van der Waals surface area (Å²) in [7, 11) is 0. The minimum absolute atomic E-state index is 0.370. The number of nitrogens with zero attached hydrogens (tertiary/aromatic N) is 2. The third-order valence-corrected chi connectivity index (χ3v) is 3.28. The third-order valence-electron chi connectivity index (χ3n) is 3.28. The van der Waals surface area contributed by atoms with Crippen molar-refractivity contribution < 1.29 is 4.74 Å². The predicted octanol–water partition coefficient (Wildman–Crippen LogP) is 3.18. The highest BCUT2D eigenvalue weighted by molar-refractivity contribution is 5.48. The van der Waals surface area contributed by atoms with E-state index in [2.05, 4.69) is 29.1 Å². The first-order chi connectivity index (χ1) is 8.85. The molecule has 1 fully saturated rings. The lowest BCUT2D eigenvalue weighted by Crippen LogP contribution is -2.26. The van der Waals surface area contributed by atoms with E-state index >= 15 is 0 Å². The second-order valence-corrected chi connectivity index (χ2v) is 4.85. The fourth-order valence-corrected chi connectivity index (χ4v) is 2.02. The molecule has 1 aliphatic rings. The van der Waals surface area contributed by atoms with Crippen molar-refractivity contribution >= 4 is 5.82 Å². The molecule has 18 heavy (non-hydrogen) atoms. The zero-order chi connectivity index (χ0) is 12.8. The maximum absolute atomic E-state index is 5.96. The molecule has 1 heterocycles. The molecule has 1 saturated carbocycles.